The molecule has 6 heteroatoms. The summed E-state index contributed by atoms with van der Waals surface area (Å²) < 4.78 is 13.1. The minimum Gasteiger partial charge on any atom is -0.368 e. The first-order valence-corrected chi connectivity index (χ1v) is 3.95. The highest BCUT2D eigenvalue weighted by Crippen LogP contribution is 2.16. The van der Waals surface area contributed by atoms with Crippen LogP contribution >= 0.6 is 0 Å². The van der Waals surface area contributed by atoms with E-state index in [1.807, 2.05) is 0 Å². The number of nitrogens with two attached hydrogens (primary N) is 1. The van der Waals surface area contributed by atoms with E-state index in [1.54, 1.807) is 18.2 Å². The number of benzene rings is 1. The zero-order valence-electron chi connectivity index (χ0n) is 7.16. The fourth-order valence-corrected chi connectivity index (χ4v) is 1.01. The predicted molar refractivity (Wildman–Crippen MR) is 50.5 cm³/mol. The highest BCUT2D eigenvalue weighted by molar-refractivity contribution is 5.54. The summed E-state index contributed by atoms with van der Waals surface area (Å²) in [6.45, 7) is 0. The van der Waals surface area contributed by atoms with Crippen LogP contribution in [0.25, 0.3) is 0 Å². The lowest BCUT2D eigenvalue weighted by Gasteiger charge is -2.01. The third-order valence-corrected chi connectivity index (χ3v) is 1.62. The maximum Gasteiger partial charge on any atom is 0.248 e. The van der Waals surface area contributed by atoms with Crippen LogP contribution in [0.15, 0.2) is 24.3 Å². The van der Waals surface area contributed by atoms with Crippen molar-refractivity contribution in [3.8, 4) is 0 Å². The molecule has 5 nitrogen and oxygen atoms in total. The zero-order valence-corrected chi connectivity index (χ0v) is 7.16. The minimum atomic E-state index is -0.365. The monoisotopic (exact) mass is 193 g/mol. The Hall–Kier alpha value is -2.11. The van der Waals surface area contributed by atoms with Crippen LogP contribution in [-0.4, -0.2) is 15.2 Å². The van der Waals surface area contributed by atoms with Gasteiger partial charge in [-0.25, -0.2) is 9.49 Å². The average Bonchev–Trinajstić information content (AvgIpc) is 2.56. The Kier molecular flexibility index (Phi) is 2.02. The molecule has 0 aliphatic heterocycles. The van der Waals surface area contributed by atoms with Gasteiger partial charge in [-0.2, -0.15) is 4.98 Å². The topological polar surface area (TPSA) is 79.6 Å². The Morgan fingerprint density at radius 1 is 1.36 bits per heavy atom. The molecule has 4 N–H and O–H groups in total. The SMILES string of the molecule is Nc1nc(Nc2ccccc2F)n[nH]1. The van der Waals surface area contributed by atoms with Gasteiger partial charge in [0.05, 0.1) is 5.69 Å². The minimum absolute atomic E-state index is 0.184. The molecule has 1 heterocycles. The first kappa shape index (κ1) is 8.49. The van der Waals surface area contributed by atoms with Crippen molar-refractivity contribution >= 4 is 17.6 Å². The second kappa shape index (κ2) is 3.33. The van der Waals surface area contributed by atoms with E-state index in [0.29, 0.717) is 5.69 Å². The molecule has 72 valence electrons. The molecule has 2 rings (SSSR count). The molecule has 0 aliphatic carbocycles. The van der Waals surface area contributed by atoms with Gasteiger partial charge in [0.15, 0.2) is 0 Å². The van der Waals surface area contributed by atoms with E-state index in [2.05, 4.69) is 20.5 Å². The van der Waals surface area contributed by atoms with Crippen LogP contribution < -0.4 is 11.1 Å². The molecule has 0 spiro atoms. The molecule has 0 bridgehead atoms. The molecule has 1 aromatic carbocycles. The Morgan fingerprint density at radius 3 is 2.79 bits per heavy atom. The van der Waals surface area contributed by atoms with Gasteiger partial charge >= 0.3 is 0 Å². The van der Waals surface area contributed by atoms with Crippen molar-refractivity contribution in [1.82, 2.24) is 15.2 Å². The molecule has 0 saturated carbocycles. The van der Waals surface area contributed by atoms with Crippen LogP contribution in [0.1, 0.15) is 0 Å². The number of anilines is 3. The van der Waals surface area contributed by atoms with Crippen molar-refractivity contribution in [3.63, 3.8) is 0 Å². The van der Waals surface area contributed by atoms with E-state index < -0.39 is 0 Å². The Balaban J connectivity index is 2.23. The largest absolute Gasteiger partial charge is 0.368 e. The van der Waals surface area contributed by atoms with Gasteiger partial charge in [-0.3, -0.25) is 0 Å². The number of aromatic amines is 1. The number of halogens is 1. The number of hydrogen-bond acceptors (Lipinski definition) is 4. The van der Waals surface area contributed by atoms with Crippen molar-refractivity contribution in [2.24, 2.45) is 0 Å². The summed E-state index contributed by atoms with van der Waals surface area (Å²) in [5.74, 6) is 0.0623. The number of nitrogens with one attached hydrogen (secondary N) is 2. The highest BCUT2D eigenvalue weighted by atomic mass is 19.1. The van der Waals surface area contributed by atoms with Gasteiger partial charge < -0.3 is 11.1 Å². The number of aromatic nitrogens is 3. The van der Waals surface area contributed by atoms with Gasteiger partial charge in [-0.15, -0.1) is 5.10 Å². The number of nitrogen functional groups attached to an aromatic ring is 1. The fourth-order valence-electron chi connectivity index (χ4n) is 1.01. The lowest BCUT2D eigenvalue weighted by Crippen LogP contribution is -1.95. The maximum atomic E-state index is 13.1. The lowest BCUT2D eigenvalue weighted by molar-refractivity contribution is 0.631. The second-order valence-corrected chi connectivity index (χ2v) is 2.65. The van der Waals surface area contributed by atoms with Crippen molar-refractivity contribution in [2.75, 3.05) is 11.1 Å². The van der Waals surface area contributed by atoms with E-state index in [9.17, 15) is 4.39 Å². The number of hydrogen-bond donors (Lipinski definition) is 3. The normalized spacial score (nSPS) is 10.1. The molecule has 0 radical (unpaired) electrons. The smallest absolute Gasteiger partial charge is 0.248 e. The van der Waals surface area contributed by atoms with Crippen LogP contribution in [0.4, 0.5) is 22.0 Å². The standard InChI is InChI=1S/C8H8FN5/c9-5-3-1-2-4-6(5)11-8-12-7(10)13-14-8/h1-4H,(H4,10,11,12,13,14). The molecule has 2 aromatic rings. The van der Waals surface area contributed by atoms with Crippen molar-refractivity contribution in [1.29, 1.82) is 0 Å². The fraction of sp³-hybridized carbons (Fsp3) is 0. The van der Waals surface area contributed by atoms with Gasteiger partial charge in [-0.05, 0) is 12.1 Å². The average molecular weight is 193 g/mol. The van der Waals surface area contributed by atoms with Crippen molar-refractivity contribution < 1.29 is 4.39 Å². The Labute approximate surface area is 79.2 Å². The van der Waals surface area contributed by atoms with Gasteiger partial charge in [0.1, 0.15) is 5.82 Å². The summed E-state index contributed by atoms with van der Waals surface area (Å²) in [5.41, 5.74) is 5.62. The van der Waals surface area contributed by atoms with Gasteiger partial charge in [0.25, 0.3) is 0 Å². The van der Waals surface area contributed by atoms with Crippen LogP contribution in [0.5, 0.6) is 0 Å². The molecule has 0 amide bonds. The van der Waals surface area contributed by atoms with E-state index in [1.165, 1.54) is 6.07 Å². The van der Waals surface area contributed by atoms with Crippen LogP contribution in [-0.2, 0) is 0 Å². The predicted octanol–water partition coefficient (Wildman–Crippen LogP) is 1.27. The summed E-state index contributed by atoms with van der Waals surface area (Å²) in [5, 5.41) is 8.84. The summed E-state index contributed by atoms with van der Waals surface area (Å²) in [6.07, 6.45) is 0. The second-order valence-electron chi connectivity index (χ2n) is 2.65. The van der Waals surface area contributed by atoms with Crippen LogP contribution in [0.3, 0.4) is 0 Å². The first-order chi connectivity index (χ1) is 6.75. The van der Waals surface area contributed by atoms with Gasteiger partial charge in [0, 0.05) is 0 Å². The molecule has 1 aromatic heterocycles. The third kappa shape index (κ3) is 1.63. The van der Waals surface area contributed by atoms with E-state index in [-0.39, 0.29) is 17.7 Å². The van der Waals surface area contributed by atoms with E-state index >= 15 is 0 Å². The van der Waals surface area contributed by atoms with Crippen molar-refractivity contribution in [2.45, 2.75) is 0 Å². The quantitative estimate of drug-likeness (QED) is 0.671. The number of para-hydroxylation sites is 1. The summed E-state index contributed by atoms with van der Waals surface area (Å²) in [6, 6.07) is 6.24. The summed E-state index contributed by atoms with van der Waals surface area (Å²) in [7, 11) is 0. The molecule has 0 atom stereocenters. The number of nitrogens with zero attached hydrogens (tertiary/aromatic N) is 2. The highest BCUT2D eigenvalue weighted by Gasteiger charge is 2.03. The lowest BCUT2D eigenvalue weighted by atomic mass is 10.3. The molecule has 14 heavy (non-hydrogen) atoms. The first-order valence-electron chi connectivity index (χ1n) is 3.95. The van der Waals surface area contributed by atoms with Crippen molar-refractivity contribution in [3.05, 3.63) is 30.1 Å². The number of H-pyrrole nitrogens is 1. The zero-order chi connectivity index (χ0) is 9.97. The molecule has 0 unspecified atom stereocenters. The molecular weight excluding hydrogens is 185 g/mol. The molecular formula is C8H8FN5. The molecule has 0 fully saturated rings. The van der Waals surface area contributed by atoms with Gasteiger partial charge in [-0.1, -0.05) is 12.1 Å². The van der Waals surface area contributed by atoms with E-state index in [4.69, 9.17) is 5.73 Å². The molecule has 0 aliphatic rings. The third-order valence-electron chi connectivity index (χ3n) is 1.62. The Morgan fingerprint density at radius 2 is 2.14 bits per heavy atom. The molecule has 0 saturated heterocycles. The van der Waals surface area contributed by atoms with Crippen LogP contribution in [0.2, 0.25) is 0 Å². The van der Waals surface area contributed by atoms with Crippen LogP contribution in [0, 0.1) is 5.82 Å². The number of rotatable bonds is 2. The summed E-state index contributed by atoms with van der Waals surface area (Å²) >= 11 is 0. The Bertz CT molecular complexity index is 439. The van der Waals surface area contributed by atoms with E-state index in [0.717, 1.165) is 0 Å². The summed E-state index contributed by atoms with van der Waals surface area (Å²) in [4.78, 5) is 3.78. The van der Waals surface area contributed by atoms with Gasteiger partial charge in [0.2, 0.25) is 11.9 Å². The maximum absolute atomic E-state index is 13.1.